The van der Waals surface area contributed by atoms with Gasteiger partial charge >= 0.3 is 0 Å². The van der Waals surface area contributed by atoms with Crippen LogP contribution < -0.4 is 5.73 Å². The van der Waals surface area contributed by atoms with Crippen molar-refractivity contribution < 1.29 is 4.74 Å². The van der Waals surface area contributed by atoms with Crippen LogP contribution in [-0.2, 0) is 17.7 Å². The molecule has 0 radical (unpaired) electrons. The lowest BCUT2D eigenvalue weighted by Crippen LogP contribution is -2.36. The van der Waals surface area contributed by atoms with Crippen LogP contribution in [0.1, 0.15) is 24.0 Å². The number of rotatable bonds is 6. The number of benzene rings is 2. The molecule has 3 rings (SSSR count). The second-order valence-corrected chi connectivity index (χ2v) is 6.33. The molecular formula is C20H26N2O. The van der Waals surface area contributed by atoms with Gasteiger partial charge in [-0.05, 0) is 42.5 Å². The molecule has 2 aromatic carbocycles. The molecule has 0 aliphatic carbocycles. The Bertz CT molecular complexity index is 592. The average Bonchev–Trinajstić information content (AvgIpc) is 2.58. The minimum absolute atomic E-state index is 0.413. The molecule has 3 heteroatoms. The summed E-state index contributed by atoms with van der Waals surface area (Å²) in [5.74, 6) is 0. The van der Waals surface area contributed by atoms with E-state index in [1.165, 1.54) is 11.1 Å². The highest BCUT2D eigenvalue weighted by Gasteiger charge is 2.19. The van der Waals surface area contributed by atoms with Crippen molar-refractivity contribution >= 4 is 5.69 Å². The van der Waals surface area contributed by atoms with Gasteiger partial charge in [0.05, 0.1) is 12.7 Å². The summed E-state index contributed by atoms with van der Waals surface area (Å²) < 4.78 is 6.06. The summed E-state index contributed by atoms with van der Waals surface area (Å²) >= 11 is 0. The zero-order valence-corrected chi connectivity index (χ0v) is 13.7. The van der Waals surface area contributed by atoms with Crippen LogP contribution in [0, 0.1) is 0 Å². The van der Waals surface area contributed by atoms with Crippen LogP contribution in [0.2, 0.25) is 0 Å². The maximum Gasteiger partial charge on any atom is 0.0599 e. The van der Waals surface area contributed by atoms with E-state index in [9.17, 15) is 0 Å². The highest BCUT2D eigenvalue weighted by atomic mass is 16.5. The van der Waals surface area contributed by atoms with Crippen LogP contribution in [-0.4, -0.2) is 30.7 Å². The summed E-state index contributed by atoms with van der Waals surface area (Å²) in [6.45, 7) is 4.02. The first-order valence-corrected chi connectivity index (χ1v) is 8.52. The van der Waals surface area contributed by atoms with Crippen molar-refractivity contribution in [2.45, 2.75) is 31.9 Å². The second kappa shape index (κ2) is 8.14. The van der Waals surface area contributed by atoms with E-state index < -0.39 is 0 Å². The lowest BCUT2D eigenvalue weighted by Gasteiger charge is -2.32. The van der Waals surface area contributed by atoms with Gasteiger partial charge in [-0.2, -0.15) is 0 Å². The number of nitrogen functional groups attached to an aromatic ring is 1. The number of nitrogens with two attached hydrogens (primary N) is 1. The summed E-state index contributed by atoms with van der Waals surface area (Å²) in [7, 11) is 0. The molecule has 1 heterocycles. The lowest BCUT2D eigenvalue weighted by molar-refractivity contribution is 0.00740. The number of hydrogen-bond donors (Lipinski definition) is 1. The van der Waals surface area contributed by atoms with Crippen LogP contribution in [0.25, 0.3) is 0 Å². The van der Waals surface area contributed by atoms with Gasteiger partial charge in [0, 0.05) is 25.3 Å². The molecule has 1 aliphatic heterocycles. The van der Waals surface area contributed by atoms with E-state index >= 15 is 0 Å². The fraction of sp³-hybridized carbons (Fsp3) is 0.400. The Morgan fingerprint density at radius 1 is 0.957 bits per heavy atom. The van der Waals surface area contributed by atoms with Crippen molar-refractivity contribution in [1.82, 2.24) is 4.90 Å². The Hall–Kier alpha value is -1.84. The molecule has 1 saturated heterocycles. The van der Waals surface area contributed by atoms with Crippen LogP contribution >= 0.6 is 0 Å². The van der Waals surface area contributed by atoms with E-state index in [1.54, 1.807) is 0 Å². The molecule has 1 fully saturated rings. The van der Waals surface area contributed by atoms with Crippen LogP contribution in [0.5, 0.6) is 0 Å². The maximum atomic E-state index is 6.06. The number of piperidine rings is 1. The molecule has 0 unspecified atom stereocenters. The molecule has 122 valence electrons. The van der Waals surface area contributed by atoms with Gasteiger partial charge in [0.2, 0.25) is 0 Å². The highest BCUT2D eigenvalue weighted by molar-refractivity contribution is 5.40. The number of likely N-dealkylation sites (tertiary alicyclic amines) is 1. The predicted octanol–water partition coefficient (Wildman–Crippen LogP) is 3.49. The Morgan fingerprint density at radius 2 is 1.70 bits per heavy atom. The van der Waals surface area contributed by atoms with Crippen molar-refractivity contribution in [2.24, 2.45) is 0 Å². The van der Waals surface area contributed by atoms with Gasteiger partial charge in [0.1, 0.15) is 0 Å². The highest BCUT2D eigenvalue weighted by Crippen LogP contribution is 2.17. The average molecular weight is 310 g/mol. The SMILES string of the molecule is Nc1cccc(CN2CCC(OCCc3ccccc3)CC2)c1. The fourth-order valence-electron chi connectivity index (χ4n) is 3.17. The topological polar surface area (TPSA) is 38.5 Å². The first kappa shape index (κ1) is 16.0. The standard InChI is InChI=1S/C20H26N2O/c21-19-8-4-7-18(15-19)16-22-12-9-20(10-13-22)23-14-11-17-5-2-1-3-6-17/h1-8,15,20H,9-14,16,21H2. The molecule has 0 bridgehead atoms. The Labute approximate surface area is 139 Å². The van der Waals surface area contributed by atoms with Gasteiger partial charge < -0.3 is 10.5 Å². The van der Waals surface area contributed by atoms with E-state index in [4.69, 9.17) is 10.5 Å². The molecule has 0 atom stereocenters. The maximum absolute atomic E-state index is 6.06. The van der Waals surface area contributed by atoms with E-state index in [-0.39, 0.29) is 0 Å². The van der Waals surface area contributed by atoms with Crippen LogP contribution in [0.4, 0.5) is 5.69 Å². The predicted molar refractivity (Wildman–Crippen MR) is 95.3 cm³/mol. The zero-order valence-electron chi connectivity index (χ0n) is 13.7. The van der Waals surface area contributed by atoms with Gasteiger partial charge in [-0.25, -0.2) is 0 Å². The number of anilines is 1. The van der Waals surface area contributed by atoms with Crippen molar-refractivity contribution in [1.29, 1.82) is 0 Å². The number of hydrogen-bond acceptors (Lipinski definition) is 3. The molecular weight excluding hydrogens is 284 g/mol. The van der Waals surface area contributed by atoms with E-state index in [0.29, 0.717) is 6.10 Å². The molecule has 2 N–H and O–H groups in total. The quantitative estimate of drug-likeness (QED) is 0.830. The molecule has 3 nitrogen and oxygen atoms in total. The normalized spacial score (nSPS) is 16.5. The molecule has 0 aromatic heterocycles. The van der Waals surface area contributed by atoms with Crippen LogP contribution in [0.3, 0.4) is 0 Å². The second-order valence-electron chi connectivity index (χ2n) is 6.33. The van der Waals surface area contributed by atoms with E-state index in [2.05, 4.69) is 47.4 Å². The molecule has 23 heavy (non-hydrogen) atoms. The molecule has 2 aromatic rings. The third-order valence-corrected chi connectivity index (χ3v) is 4.48. The molecule has 0 amide bonds. The van der Waals surface area contributed by atoms with Gasteiger partial charge in [-0.3, -0.25) is 4.90 Å². The fourth-order valence-corrected chi connectivity index (χ4v) is 3.17. The zero-order chi connectivity index (χ0) is 15.9. The number of nitrogens with zero attached hydrogens (tertiary/aromatic N) is 1. The lowest BCUT2D eigenvalue weighted by atomic mass is 10.1. The summed E-state index contributed by atoms with van der Waals surface area (Å²) in [5.41, 5.74) is 9.35. The summed E-state index contributed by atoms with van der Waals surface area (Å²) in [6, 6.07) is 18.8. The van der Waals surface area contributed by atoms with Crippen LogP contribution in [0.15, 0.2) is 54.6 Å². The third kappa shape index (κ3) is 5.08. The Kier molecular flexibility index (Phi) is 5.67. The van der Waals surface area contributed by atoms with Gasteiger partial charge in [-0.15, -0.1) is 0 Å². The Morgan fingerprint density at radius 3 is 2.43 bits per heavy atom. The molecule has 0 saturated carbocycles. The summed E-state index contributed by atoms with van der Waals surface area (Å²) in [4.78, 5) is 2.49. The van der Waals surface area contributed by atoms with Gasteiger partial charge in [0.25, 0.3) is 0 Å². The monoisotopic (exact) mass is 310 g/mol. The van der Waals surface area contributed by atoms with Gasteiger partial charge in [-0.1, -0.05) is 42.5 Å². The molecule has 1 aliphatic rings. The first-order chi connectivity index (χ1) is 11.3. The minimum Gasteiger partial charge on any atom is -0.399 e. The largest absolute Gasteiger partial charge is 0.399 e. The molecule has 0 spiro atoms. The van der Waals surface area contributed by atoms with E-state index in [0.717, 1.165) is 51.2 Å². The Balaban J connectivity index is 1.37. The first-order valence-electron chi connectivity index (χ1n) is 8.52. The summed E-state index contributed by atoms with van der Waals surface area (Å²) in [6.07, 6.45) is 3.66. The van der Waals surface area contributed by atoms with Gasteiger partial charge in [0.15, 0.2) is 0 Å². The third-order valence-electron chi connectivity index (χ3n) is 4.48. The van der Waals surface area contributed by atoms with E-state index in [1.807, 2.05) is 12.1 Å². The van der Waals surface area contributed by atoms with Crippen molar-refractivity contribution in [3.8, 4) is 0 Å². The minimum atomic E-state index is 0.413. The summed E-state index contributed by atoms with van der Waals surface area (Å²) in [5, 5.41) is 0. The van der Waals surface area contributed by atoms with Crippen molar-refractivity contribution in [3.63, 3.8) is 0 Å². The van der Waals surface area contributed by atoms with Crippen molar-refractivity contribution in [3.05, 3.63) is 65.7 Å². The van der Waals surface area contributed by atoms with Crippen molar-refractivity contribution in [2.75, 3.05) is 25.4 Å². The number of ether oxygens (including phenoxy) is 1. The smallest absolute Gasteiger partial charge is 0.0599 e.